The van der Waals surface area contributed by atoms with E-state index in [0.29, 0.717) is 6.29 Å². The van der Waals surface area contributed by atoms with Crippen LogP contribution in [-0.4, -0.2) is 23.3 Å². The van der Waals surface area contributed by atoms with Crippen LogP contribution in [0.2, 0.25) is 10.0 Å². The summed E-state index contributed by atoms with van der Waals surface area (Å²) >= 11 is 12.7. The molecule has 1 aliphatic rings. The molecule has 0 saturated carbocycles. The number of carbonyl (C=O) groups is 3. The minimum absolute atomic E-state index is 0.0200. The minimum Gasteiger partial charge on any atom is -0.456 e. The van der Waals surface area contributed by atoms with E-state index < -0.39 is 17.5 Å². The molecule has 0 fully saturated rings. The van der Waals surface area contributed by atoms with Crippen LogP contribution in [0.25, 0.3) is 0 Å². The number of hydrogen-bond donors (Lipinski definition) is 1. The highest BCUT2D eigenvalue weighted by molar-refractivity contribution is 6.32. The second kappa shape index (κ2) is 8.51. The summed E-state index contributed by atoms with van der Waals surface area (Å²) in [7, 11) is 0. The topological polar surface area (TPSA) is 99.1 Å². The van der Waals surface area contributed by atoms with Crippen molar-refractivity contribution in [3.8, 4) is 23.0 Å². The summed E-state index contributed by atoms with van der Waals surface area (Å²) in [4.78, 5) is 34.8. The zero-order valence-electron chi connectivity index (χ0n) is 17.3. The van der Waals surface area contributed by atoms with Gasteiger partial charge in [-0.05, 0) is 12.1 Å². The Kier molecular flexibility index (Phi) is 5.88. The fourth-order valence-corrected chi connectivity index (χ4v) is 4.16. The Bertz CT molecular complexity index is 1240. The lowest BCUT2D eigenvalue weighted by Crippen LogP contribution is -2.33. The summed E-state index contributed by atoms with van der Waals surface area (Å²) in [5.74, 6) is -0.930. The summed E-state index contributed by atoms with van der Waals surface area (Å²) in [6.45, 7) is 2.44. The van der Waals surface area contributed by atoms with E-state index in [4.69, 9.17) is 37.4 Å². The Morgan fingerprint density at radius 2 is 1.36 bits per heavy atom. The Labute approximate surface area is 198 Å². The van der Waals surface area contributed by atoms with Crippen LogP contribution in [0.15, 0.2) is 48.5 Å². The minimum atomic E-state index is -1.93. The highest BCUT2D eigenvalue weighted by atomic mass is 35.5. The van der Waals surface area contributed by atoms with Crippen LogP contribution in [0.5, 0.6) is 23.0 Å². The van der Waals surface area contributed by atoms with E-state index in [0.717, 1.165) is 0 Å². The maximum Gasteiger partial charge on any atom is 0.308 e. The summed E-state index contributed by atoms with van der Waals surface area (Å²) in [5, 5.41) is 12.3. The van der Waals surface area contributed by atoms with E-state index in [2.05, 4.69) is 0 Å². The van der Waals surface area contributed by atoms with E-state index in [1.807, 2.05) is 0 Å². The molecular weight excluding hydrogens is 471 g/mol. The molecule has 0 aliphatic carbocycles. The molecular formula is C24H16Cl2O7. The van der Waals surface area contributed by atoms with Crippen molar-refractivity contribution in [1.82, 2.24) is 0 Å². The van der Waals surface area contributed by atoms with Gasteiger partial charge in [-0.1, -0.05) is 47.5 Å². The Hall–Kier alpha value is -3.39. The van der Waals surface area contributed by atoms with Crippen LogP contribution < -0.4 is 14.2 Å². The average molecular weight is 487 g/mol. The van der Waals surface area contributed by atoms with Crippen molar-refractivity contribution >= 4 is 41.4 Å². The lowest BCUT2D eigenvalue weighted by molar-refractivity contribution is -0.132. The van der Waals surface area contributed by atoms with E-state index in [9.17, 15) is 19.5 Å². The van der Waals surface area contributed by atoms with Gasteiger partial charge in [-0.25, -0.2) is 0 Å². The molecule has 3 aromatic carbocycles. The molecule has 33 heavy (non-hydrogen) atoms. The standard InChI is InChI=1S/C24H16Cl2O7/c1-12(28)31-22-9-20-16(7-18(22)25)24(30,15-6-4-3-5-14(15)11-27)17-8-19(26)23(32-13(2)29)10-21(17)33-20/h3-11,30H,1-2H3. The van der Waals surface area contributed by atoms with Gasteiger partial charge in [0, 0.05) is 48.2 Å². The fourth-order valence-electron chi connectivity index (χ4n) is 3.75. The van der Waals surface area contributed by atoms with Crippen molar-refractivity contribution in [2.75, 3.05) is 0 Å². The zero-order valence-corrected chi connectivity index (χ0v) is 18.9. The first-order chi connectivity index (χ1) is 15.6. The monoisotopic (exact) mass is 486 g/mol. The Morgan fingerprint density at radius 3 is 1.82 bits per heavy atom. The predicted octanol–water partition coefficient (Wildman–Crippen LogP) is 5.05. The van der Waals surface area contributed by atoms with E-state index in [1.54, 1.807) is 24.3 Å². The molecule has 0 aromatic heterocycles. The first-order valence-electron chi connectivity index (χ1n) is 9.65. The van der Waals surface area contributed by atoms with Gasteiger partial charge in [0.2, 0.25) is 0 Å². The van der Waals surface area contributed by atoms with Crippen LogP contribution in [0, 0.1) is 0 Å². The Morgan fingerprint density at radius 1 is 0.879 bits per heavy atom. The molecule has 0 amide bonds. The second-order valence-electron chi connectivity index (χ2n) is 7.26. The van der Waals surface area contributed by atoms with Gasteiger partial charge in [0.15, 0.2) is 11.5 Å². The van der Waals surface area contributed by atoms with Crippen LogP contribution >= 0.6 is 23.2 Å². The first-order valence-corrected chi connectivity index (χ1v) is 10.4. The van der Waals surface area contributed by atoms with Gasteiger partial charge >= 0.3 is 11.9 Å². The Balaban J connectivity index is 2.04. The van der Waals surface area contributed by atoms with Crippen molar-refractivity contribution in [1.29, 1.82) is 0 Å². The normalized spacial score (nSPS) is 13.2. The summed E-state index contributed by atoms with van der Waals surface area (Å²) in [6.07, 6.45) is 0.617. The lowest BCUT2D eigenvalue weighted by Gasteiger charge is -2.37. The summed E-state index contributed by atoms with van der Waals surface area (Å²) < 4.78 is 16.2. The van der Waals surface area contributed by atoms with Crippen molar-refractivity contribution in [2.24, 2.45) is 0 Å². The number of hydrogen-bond acceptors (Lipinski definition) is 7. The molecule has 7 nitrogen and oxygen atoms in total. The molecule has 0 radical (unpaired) electrons. The number of aliphatic hydroxyl groups is 1. The average Bonchev–Trinajstić information content (AvgIpc) is 2.76. The van der Waals surface area contributed by atoms with E-state index in [-0.39, 0.29) is 55.3 Å². The van der Waals surface area contributed by atoms with Gasteiger partial charge in [-0.2, -0.15) is 0 Å². The van der Waals surface area contributed by atoms with Gasteiger partial charge in [0.1, 0.15) is 23.4 Å². The molecule has 1 aliphatic heterocycles. The largest absolute Gasteiger partial charge is 0.456 e. The third kappa shape index (κ3) is 3.95. The molecule has 0 spiro atoms. The smallest absolute Gasteiger partial charge is 0.308 e. The van der Waals surface area contributed by atoms with Crippen LogP contribution in [0.1, 0.15) is 40.9 Å². The molecule has 0 atom stereocenters. The molecule has 1 N–H and O–H groups in total. The molecule has 4 rings (SSSR count). The quantitative estimate of drug-likeness (QED) is 0.313. The van der Waals surface area contributed by atoms with Gasteiger partial charge in [0.05, 0.1) is 10.0 Å². The first kappa shape index (κ1) is 22.8. The van der Waals surface area contributed by atoms with Crippen LogP contribution in [-0.2, 0) is 15.2 Å². The molecule has 1 heterocycles. The van der Waals surface area contributed by atoms with Crippen molar-refractivity contribution < 1.29 is 33.7 Å². The molecule has 168 valence electrons. The zero-order chi connectivity index (χ0) is 23.9. The van der Waals surface area contributed by atoms with Gasteiger partial charge in [0.25, 0.3) is 0 Å². The summed E-state index contributed by atoms with van der Waals surface area (Å²) in [6, 6.07) is 12.0. The molecule has 0 bridgehead atoms. The maximum absolute atomic E-state index is 12.2. The van der Waals surface area contributed by atoms with Gasteiger partial charge < -0.3 is 19.3 Å². The third-order valence-corrected chi connectivity index (χ3v) is 5.64. The molecule has 0 unspecified atom stereocenters. The number of rotatable bonds is 4. The van der Waals surface area contributed by atoms with Crippen LogP contribution in [0.4, 0.5) is 0 Å². The molecule has 0 saturated heterocycles. The highest BCUT2D eigenvalue weighted by Crippen LogP contribution is 2.54. The predicted molar refractivity (Wildman–Crippen MR) is 120 cm³/mol. The fraction of sp³-hybridized carbons (Fsp3) is 0.125. The molecule has 3 aromatic rings. The lowest BCUT2D eigenvalue weighted by atomic mass is 9.76. The number of carbonyl (C=O) groups excluding carboxylic acids is 3. The highest BCUT2D eigenvalue weighted by Gasteiger charge is 2.45. The number of esters is 2. The van der Waals surface area contributed by atoms with Crippen molar-refractivity contribution in [3.63, 3.8) is 0 Å². The van der Waals surface area contributed by atoms with E-state index >= 15 is 0 Å². The SMILES string of the molecule is CC(=O)Oc1cc2c(cc1Cl)C(O)(c1ccccc1C=O)c1cc(Cl)c(OC(C)=O)cc1O2. The van der Waals surface area contributed by atoms with Crippen molar-refractivity contribution in [3.05, 3.63) is 80.8 Å². The number of benzene rings is 3. The number of fused-ring (bicyclic) bond motifs is 2. The van der Waals surface area contributed by atoms with Gasteiger partial charge in [-0.3, -0.25) is 14.4 Å². The van der Waals surface area contributed by atoms with Crippen molar-refractivity contribution in [2.45, 2.75) is 19.4 Å². The summed E-state index contributed by atoms with van der Waals surface area (Å²) in [5.41, 5.74) is -1.07. The maximum atomic E-state index is 12.2. The van der Waals surface area contributed by atoms with E-state index in [1.165, 1.54) is 38.1 Å². The number of halogens is 2. The number of aldehydes is 1. The van der Waals surface area contributed by atoms with Crippen LogP contribution in [0.3, 0.4) is 0 Å². The number of ether oxygens (including phenoxy) is 3. The molecule has 9 heteroatoms. The second-order valence-corrected chi connectivity index (χ2v) is 8.08. The third-order valence-electron chi connectivity index (χ3n) is 5.05. The van der Waals surface area contributed by atoms with Gasteiger partial charge in [-0.15, -0.1) is 0 Å².